The van der Waals surface area contributed by atoms with Gasteiger partial charge in [0.05, 0.1) is 32.3 Å². The highest BCUT2D eigenvalue weighted by molar-refractivity contribution is 6.10. The van der Waals surface area contributed by atoms with Crippen LogP contribution in [0.15, 0.2) is 16.7 Å². The first-order valence-corrected chi connectivity index (χ1v) is 7.65. The fraction of sp³-hybridized carbons (Fsp3) is 0.438. The number of Topliss-reactive ketones (excluding diaryl/α,β-unsaturated/α-hetero) is 1. The minimum Gasteiger partial charge on any atom is -0.495 e. The van der Waals surface area contributed by atoms with Crippen molar-refractivity contribution in [3.8, 4) is 17.2 Å². The molecule has 29 heavy (non-hydrogen) atoms. The summed E-state index contributed by atoms with van der Waals surface area (Å²) in [5, 5.41) is 10.1. The van der Waals surface area contributed by atoms with Crippen molar-refractivity contribution >= 4 is 16.8 Å². The molecule has 0 fully saturated rings. The molecule has 0 unspecified atom stereocenters. The van der Waals surface area contributed by atoms with Gasteiger partial charge in [0.1, 0.15) is 11.3 Å². The summed E-state index contributed by atoms with van der Waals surface area (Å²) < 4.78 is 112. The standard InChI is InChI=1S/C16H11F7O6/c1-26-9-6-3-4-28-10(6)12(27-2)11-8(9)7(24)5-13(25,29-11)14(17,18)15(19,20)16(21,22)23/h3-4,25H,5H2,1-2H3/t13-/m0/s1. The number of ketones is 1. The van der Waals surface area contributed by atoms with E-state index in [2.05, 4.69) is 4.74 Å². The van der Waals surface area contributed by atoms with E-state index in [9.17, 15) is 40.6 Å². The second-order valence-corrected chi connectivity index (χ2v) is 6.07. The van der Waals surface area contributed by atoms with Gasteiger partial charge in [0, 0.05) is 0 Å². The van der Waals surface area contributed by atoms with Gasteiger partial charge < -0.3 is 23.7 Å². The van der Waals surface area contributed by atoms with Crippen LogP contribution in [0.25, 0.3) is 11.0 Å². The highest BCUT2D eigenvalue weighted by atomic mass is 19.4. The molecule has 1 aromatic carbocycles. The summed E-state index contributed by atoms with van der Waals surface area (Å²) in [6.07, 6.45) is -7.57. The molecular weight excluding hydrogens is 421 g/mol. The van der Waals surface area contributed by atoms with Gasteiger partial charge in [-0.15, -0.1) is 0 Å². The summed E-state index contributed by atoms with van der Waals surface area (Å²) in [4.78, 5) is 12.5. The van der Waals surface area contributed by atoms with E-state index in [1.165, 1.54) is 6.07 Å². The van der Waals surface area contributed by atoms with Crippen LogP contribution in [0.1, 0.15) is 16.8 Å². The Balaban J connectivity index is 2.27. The van der Waals surface area contributed by atoms with Crippen molar-refractivity contribution in [3.63, 3.8) is 0 Å². The minimum absolute atomic E-state index is 0.109. The normalized spacial score (nSPS) is 20.4. The van der Waals surface area contributed by atoms with Crippen LogP contribution in [0, 0.1) is 0 Å². The number of rotatable bonds is 4. The van der Waals surface area contributed by atoms with E-state index in [1.807, 2.05) is 0 Å². The number of furan rings is 1. The van der Waals surface area contributed by atoms with E-state index >= 15 is 0 Å². The maximum atomic E-state index is 14.2. The van der Waals surface area contributed by atoms with Gasteiger partial charge in [-0.25, -0.2) is 0 Å². The van der Waals surface area contributed by atoms with E-state index in [0.29, 0.717) is 0 Å². The van der Waals surface area contributed by atoms with Crippen molar-refractivity contribution in [1.82, 2.24) is 0 Å². The summed E-state index contributed by atoms with van der Waals surface area (Å²) in [6, 6.07) is 1.30. The molecule has 13 heteroatoms. The number of methoxy groups -OCH3 is 2. The third-order valence-electron chi connectivity index (χ3n) is 4.38. The lowest BCUT2D eigenvalue weighted by atomic mass is 9.89. The van der Waals surface area contributed by atoms with E-state index in [4.69, 9.17) is 13.9 Å². The first kappa shape index (κ1) is 21.0. The molecule has 1 N–H and O–H groups in total. The lowest BCUT2D eigenvalue weighted by Gasteiger charge is -2.42. The second kappa shape index (κ2) is 6.15. The Morgan fingerprint density at radius 1 is 1.07 bits per heavy atom. The molecule has 3 rings (SSSR count). The van der Waals surface area contributed by atoms with Gasteiger partial charge in [0.2, 0.25) is 5.75 Å². The molecule has 160 valence electrons. The molecule has 0 bridgehead atoms. The number of benzene rings is 1. The Hall–Kier alpha value is -2.70. The Labute approximate surface area is 156 Å². The Morgan fingerprint density at radius 3 is 2.17 bits per heavy atom. The molecule has 0 radical (unpaired) electrons. The molecule has 1 atom stereocenters. The number of carbonyl (C=O) groups excluding carboxylic acids is 1. The van der Waals surface area contributed by atoms with Crippen molar-refractivity contribution in [2.24, 2.45) is 0 Å². The average molecular weight is 432 g/mol. The topological polar surface area (TPSA) is 78.1 Å². The van der Waals surface area contributed by atoms with E-state index < -0.39 is 53.1 Å². The summed E-state index contributed by atoms with van der Waals surface area (Å²) in [7, 11) is 2.04. The molecule has 0 saturated heterocycles. The van der Waals surface area contributed by atoms with Gasteiger partial charge in [0.25, 0.3) is 5.79 Å². The molecule has 1 aromatic heterocycles. The molecule has 2 heterocycles. The van der Waals surface area contributed by atoms with Gasteiger partial charge in [-0.3, -0.25) is 4.79 Å². The second-order valence-electron chi connectivity index (χ2n) is 6.07. The average Bonchev–Trinajstić information content (AvgIpc) is 3.07. The van der Waals surface area contributed by atoms with Crippen molar-refractivity contribution < 1.29 is 59.3 Å². The Bertz CT molecular complexity index is 980. The molecule has 0 saturated carbocycles. The maximum absolute atomic E-state index is 14.2. The van der Waals surface area contributed by atoms with Crippen LogP contribution in [-0.2, 0) is 0 Å². The largest absolute Gasteiger partial charge is 0.495 e. The van der Waals surface area contributed by atoms with Gasteiger partial charge in [0.15, 0.2) is 17.1 Å². The number of halogens is 7. The summed E-state index contributed by atoms with van der Waals surface area (Å²) in [5.74, 6) is -20.9. The fourth-order valence-corrected chi connectivity index (χ4v) is 2.98. The van der Waals surface area contributed by atoms with Crippen molar-refractivity contribution in [3.05, 3.63) is 17.9 Å². The number of alkyl halides is 7. The lowest BCUT2D eigenvalue weighted by Crippen LogP contribution is -2.67. The SMILES string of the molecule is COc1c2c(c(OC)c3occc13)O[C@](O)(C(F)(F)C(F)(F)C(F)(F)F)CC2=O. The molecule has 1 aliphatic rings. The summed E-state index contributed by atoms with van der Waals surface area (Å²) >= 11 is 0. The number of hydrogen-bond donors (Lipinski definition) is 1. The Morgan fingerprint density at radius 2 is 1.66 bits per heavy atom. The molecule has 0 aliphatic carbocycles. The van der Waals surface area contributed by atoms with Gasteiger partial charge >= 0.3 is 18.0 Å². The molecule has 0 spiro atoms. The quantitative estimate of drug-likeness (QED) is 0.738. The van der Waals surface area contributed by atoms with Crippen molar-refractivity contribution in [2.75, 3.05) is 14.2 Å². The van der Waals surface area contributed by atoms with Gasteiger partial charge in [-0.1, -0.05) is 0 Å². The predicted octanol–water partition coefficient (Wildman–Crippen LogP) is 3.94. The smallest absolute Gasteiger partial charge is 0.460 e. The van der Waals surface area contributed by atoms with Crippen LogP contribution in [0.4, 0.5) is 30.7 Å². The van der Waals surface area contributed by atoms with Crippen LogP contribution in [0.5, 0.6) is 17.2 Å². The fourth-order valence-electron chi connectivity index (χ4n) is 2.98. The third kappa shape index (κ3) is 2.63. The van der Waals surface area contributed by atoms with Crippen LogP contribution >= 0.6 is 0 Å². The highest BCUT2D eigenvalue weighted by Crippen LogP contribution is 2.57. The predicted molar refractivity (Wildman–Crippen MR) is 79.8 cm³/mol. The number of fused-ring (bicyclic) bond motifs is 2. The highest BCUT2D eigenvalue weighted by Gasteiger charge is 2.82. The molecule has 1 aliphatic heterocycles. The Kier molecular flexibility index (Phi) is 4.46. The molecule has 0 amide bonds. The van der Waals surface area contributed by atoms with E-state index in [-0.39, 0.29) is 16.7 Å². The zero-order chi connectivity index (χ0) is 22.0. The first-order chi connectivity index (χ1) is 13.2. The monoisotopic (exact) mass is 432 g/mol. The third-order valence-corrected chi connectivity index (χ3v) is 4.38. The number of carbonyl (C=O) groups is 1. The van der Waals surface area contributed by atoms with Crippen LogP contribution in [-0.4, -0.2) is 48.9 Å². The first-order valence-electron chi connectivity index (χ1n) is 7.65. The zero-order valence-corrected chi connectivity index (χ0v) is 14.5. The van der Waals surface area contributed by atoms with Gasteiger partial charge in [-0.05, 0) is 6.07 Å². The van der Waals surface area contributed by atoms with Crippen molar-refractivity contribution in [1.29, 1.82) is 0 Å². The van der Waals surface area contributed by atoms with Crippen LogP contribution < -0.4 is 14.2 Å². The van der Waals surface area contributed by atoms with Crippen LogP contribution in [0.2, 0.25) is 0 Å². The van der Waals surface area contributed by atoms with Crippen LogP contribution in [0.3, 0.4) is 0 Å². The summed E-state index contributed by atoms with van der Waals surface area (Å²) in [5.41, 5.74) is -0.833. The maximum Gasteiger partial charge on any atom is 0.460 e. The summed E-state index contributed by atoms with van der Waals surface area (Å²) in [6.45, 7) is 0. The van der Waals surface area contributed by atoms with E-state index in [1.54, 1.807) is 0 Å². The number of aliphatic hydroxyl groups is 1. The van der Waals surface area contributed by atoms with E-state index in [0.717, 1.165) is 20.5 Å². The molecular formula is C16H11F7O6. The van der Waals surface area contributed by atoms with Crippen molar-refractivity contribution in [2.45, 2.75) is 30.2 Å². The van der Waals surface area contributed by atoms with Gasteiger partial charge in [-0.2, -0.15) is 30.7 Å². The zero-order valence-electron chi connectivity index (χ0n) is 14.5. The number of ether oxygens (including phenoxy) is 3. The minimum atomic E-state index is -6.74. The number of hydrogen-bond acceptors (Lipinski definition) is 6. The molecule has 2 aromatic rings. The lowest BCUT2D eigenvalue weighted by molar-refractivity contribution is -0.415. The molecule has 6 nitrogen and oxygen atoms in total.